The SMILES string of the molecule is COc1ccc(C(N)c2ccnc(C)n2)c(OC)c1. The van der Waals surface area contributed by atoms with Gasteiger partial charge in [-0.05, 0) is 25.1 Å². The highest BCUT2D eigenvalue weighted by Crippen LogP contribution is 2.30. The predicted molar refractivity (Wildman–Crippen MR) is 72.3 cm³/mol. The van der Waals surface area contributed by atoms with Crippen LogP contribution >= 0.6 is 0 Å². The van der Waals surface area contributed by atoms with Crippen molar-refractivity contribution in [3.8, 4) is 11.5 Å². The summed E-state index contributed by atoms with van der Waals surface area (Å²) in [5, 5.41) is 0. The summed E-state index contributed by atoms with van der Waals surface area (Å²) in [6, 6.07) is 7.00. The second-order valence-corrected chi connectivity index (χ2v) is 4.11. The Morgan fingerprint density at radius 3 is 2.58 bits per heavy atom. The Bertz CT molecular complexity index is 572. The fraction of sp³-hybridized carbons (Fsp3) is 0.286. The number of methoxy groups -OCH3 is 2. The molecule has 1 aromatic carbocycles. The molecule has 0 fully saturated rings. The standard InChI is InChI=1S/C14H17N3O2/c1-9-16-7-6-12(17-9)14(15)11-5-4-10(18-2)8-13(11)19-3/h4-8,14H,15H2,1-3H3. The molecule has 0 saturated carbocycles. The maximum absolute atomic E-state index is 6.24. The Morgan fingerprint density at radius 1 is 1.16 bits per heavy atom. The molecule has 0 saturated heterocycles. The first-order valence-corrected chi connectivity index (χ1v) is 5.92. The van der Waals surface area contributed by atoms with Crippen molar-refractivity contribution < 1.29 is 9.47 Å². The fourth-order valence-electron chi connectivity index (χ4n) is 1.88. The molecule has 1 heterocycles. The minimum Gasteiger partial charge on any atom is -0.497 e. The molecule has 5 nitrogen and oxygen atoms in total. The summed E-state index contributed by atoms with van der Waals surface area (Å²) in [4.78, 5) is 8.41. The molecule has 0 aliphatic carbocycles. The van der Waals surface area contributed by atoms with Crippen LogP contribution in [-0.2, 0) is 0 Å². The molecule has 1 aromatic heterocycles. The molecule has 1 atom stereocenters. The maximum atomic E-state index is 6.24. The van der Waals surface area contributed by atoms with Crippen molar-refractivity contribution in [1.29, 1.82) is 0 Å². The molecule has 100 valence electrons. The summed E-state index contributed by atoms with van der Waals surface area (Å²) in [7, 11) is 3.22. The number of rotatable bonds is 4. The summed E-state index contributed by atoms with van der Waals surface area (Å²) in [5.74, 6) is 2.11. The van der Waals surface area contributed by atoms with Gasteiger partial charge in [-0.25, -0.2) is 9.97 Å². The van der Waals surface area contributed by atoms with Crippen molar-refractivity contribution in [3.63, 3.8) is 0 Å². The third-order valence-corrected chi connectivity index (χ3v) is 2.89. The van der Waals surface area contributed by atoms with Crippen molar-refractivity contribution in [3.05, 3.63) is 47.5 Å². The van der Waals surface area contributed by atoms with E-state index in [9.17, 15) is 0 Å². The lowest BCUT2D eigenvalue weighted by Gasteiger charge is -2.16. The molecule has 0 radical (unpaired) electrons. The van der Waals surface area contributed by atoms with E-state index in [1.54, 1.807) is 26.5 Å². The van der Waals surface area contributed by atoms with Gasteiger partial charge in [0.05, 0.1) is 26.0 Å². The predicted octanol–water partition coefficient (Wildman–Crippen LogP) is 1.85. The summed E-state index contributed by atoms with van der Waals surface area (Å²) in [6.07, 6.45) is 1.70. The van der Waals surface area contributed by atoms with E-state index in [-0.39, 0.29) is 6.04 Å². The number of aryl methyl sites for hydroxylation is 1. The first kappa shape index (κ1) is 13.3. The molecule has 1 unspecified atom stereocenters. The van der Waals surface area contributed by atoms with Crippen LogP contribution in [0.1, 0.15) is 23.1 Å². The summed E-state index contributed by atoms with van der Waals surface area (Å²) < 4.78 is 10.5. The van der Waals surface area contributed by atoms with E-state index in [0.717, 1.165) is 17.0 Å². The summed E-state index contributed by atoms with van der Waals surface area (Å²) >= 11 is 0. The molecular formula is C14H17N3O2. The number of ether oxygens (including phenoxy) is 2. The molecule has 19 heavy (non-hydrogen) atoms. The molecule has 0 spiro atoms. The van der Waals surface area contributed by atoms with Gasteiger partial charge in [-0.15, -0.1) is 0 Å². The van der Waals surface area contributed by atoms with Crippen LogP contribution in [0.3, 0.4) is 0 Å². The topological polar surface area (TPSA) is 70.3 Å². The number of hydrogen-bond donors (Lipinski definition) is 1. The number of hydrogen-bond acceptors (Lipinski definition) is 5. The van der Waals surface area contributed by atoms with Crippen molar-refractivity contribution in [2.75, 3.05) is 14.2 Å². The van der Waals surface area contributed by atoms with Gasteiger partial charge in [-0.3, -0.25) is 0 Å². The average Bonchev–Trinajstić information content (AvgIpc) is 2.45. The van der Waals surface area contributed by atoms with Crippen molar-refractivity contribution in [2.24, 2.45) is 5.73 Å². The number of aromatic nitrogens is 2. The molecule has 2 aromatic rings. The highest BCUT2D eigenvalue weighted by Gasteiger charge is 2.16. The van der Waals surface area contributed by atoms with Crippen molar-refractivity contribution in [2.45, 2.75) is 13.0 Å². The first-order valence-electron chi connectivity index (χ1n) is 5.92. The van der Waals surface area contributed by atoms with Crippen LogP contribution in [-0.4, -0.2) is 24.2 Å². The van der Waals surface area contributed by atoms with E-state index in [1.165, 1.54) is 0 Å². The highest BCUT2D eigenvalue weighted by molar-refractivity contribution is 5.44. The van der Waals surface area contributed by atoms with E-state index in [4.69, 9.17) is 15.2 Å². The Morgan fingerprint density at radius 2 is 1.95 bits per heavy atom. The van der Waals surface area contributed by atoms with Crippen molar-refractivity contribution in [1.82, 2.24) is 9.97 Å². The lowest BCUT2D eigenvalue weighted by Crippen LogP contribution is -2.15. The third-order valence-electron chi connectivity index (χ3n) is 2.89. The molecule has 0 bridgehead atoms. The number of nitrogens with two attached hydrogens (primary N) is 1. The zero-order valence-electron chi connectivity index (χ0n) is 11.3. The lowest BCUT2D eigenvalue weighted by molar-refractivity contribution is 0.389. The minimum absolute atomic E-state index is 0.359. The Hall–Kier alpha value is -2.14. The maximum Gasteiger partial charge on any atom is 0.127 e. The van der Waals surface area contributed by atoms with E-state index < -0.39 is 0 Å². The van der Waals surface area contributed by atoms with Crippen LogP contribution < -0.4 is 15.2 Å². The molecule has 0 aliphatic heterocycles. The van der Waals surface area contributed by atoms with Crippen LogP contribution in [0.4, 0.5) is 0 Å². The number of nitrogens with zero attached hydrogens (tertiary/aromatic N) is 2. The van der Waals surface area contributed by atoms with Gasteiger partial charge in [0, 0.05) is 17.8 Å². The van der Waals surface area contributed by atoms with Gasteiger partial charge in [0.15, 0.2) is 0 Å². The van der Waals surface area contributed by atoms with Gasteiger partial charge in [0.1, 0.15) is 17.3 Å². The monoisotopic (exact) mass is 259 g/mol. The molecule has 2 rings (SSSR count). The van der Waals surface area contributed by atoms with Gasteiger partial charge >= 0.3 is 0 Å². The average molecular weight is 259 g/mol. The van der Waals surface area contributed by atoms with Crippen LogP contribution in [0, 0.1) is 6.92 Å². The zero-order chi connectivity index (χ0) is 13.8. The fourth-order valence-corrected chi connectivity index (χ4v) is 1.88. The highest BCUT2D eigenvalue weighted by atomic mass is 16.5. The molecular weight excluding hydrogens is 242 g/mol. The quantitative estimate of drug-likeness (QED) is 0.907. The van der Waals surface area contributed by atoms with E-state index >= 15 is 0 Å². The number of benzene rings is 1. The van der Waals surface area contributed by atoms with Gasteiger partial charge in [0.2, 0.25) is 0 Å². The van der Waals surface area contributed by atoms with Gasteiger partial charge in [-0.2, -0.15) is 0 Å². The van der Waals surface area contributed by atoms with Gasteiger partial charge in [0.25, 0.3) is 0 Å². The van der Waals surface area contributed by atoms with Crippen LogP contribution in [0.15, 0.2) is 30.5 Å². The largest absolute Gasteiger partial charge is 0.497 e. The normalized spacial score (nSPS) is 12.0. The molecule has 2 N–H and O–H groups in total. The second kappa shape index (κ2) is 5.67. The Balaban J connectivity index is 2.40. The van der Waals surface area contributed by atoms with Crippen LogP contribution in [0.5, 0.6) is 11.5 Å². The zero-order valence-corrected chi connectivity index (χ0v) is 11.3. The lowest BCUT2D eigenvalue weighted by atomic mass is 10.0. The van der Waals surface area contributed by atoms with Gasteiger partial charge < -0.3 is 15.2 Å². The van der Waals surface area contributed by atoms with Gasteiger partial charge in [-0.1, -0.05) is 0 Å². The molecule has 5 heteroatoms. The van der Waals surface area contributed by atoms with Crippen molar-refractivity contribution >= 4 is 0 Å². The Kier molecular flexibility index (Phi) is 3.97. The van der Waals surface area contributed by atoms with Crippen LogP contribution in [0.25, 0.3) is 0 Å². The Labute approximate surface area is 112 Å². The summed E-state index contributed by atoms with van der Waals surface area (Å²) in [5.41, 5.74) is 7.86. The van der Waals surface area contributed by atoms with Crippen LogP contribution in [0.2, 0.25) is 0 Å². The van der Waals surface area contributed by atoms with E-state index in [1.807, 2.05) is 25.1 Å². The minimum atomic E-state index is -0.359. The summed E-state index contributed by atoms with van der Waals surface area (Å²) in [6.45, 7) is 1.83. The first-order chi connectivity index (χ1) is 9.15. The van der Waals surface area contributed by atoms with E-state index in [0.29, 0.717) is 11.6 Å². The second-order valence-electron chi connectivity index (χ2n) is 4.11. The third kappa shape index (κ3) is 2.82. The molecule has 0 aliphatic rings. The smallest absolute Gasteiger partial charge is 0.127 e. The molecule has 0 amide bonds. The van der Waals surface area contributed by atoms with E-state index in [2.05, 4.69) is 9.97 Å².